The molecule has 0 saturated heterocycles. The first kappa shape index (κ1) is 10.5. The summed E-state index contributed by atoms with van der Waals surface area (Å²) in [7, 11) is -3.27. The van der Waals surface area contributed by atoms with Gasteiger partial charge in [0.25, 0.3) is 0 Å². The van der Waals surface area contributed by atoms with E-state index in [1.54, 1.807) is 6.20 Å². The first-order valence-corrected chi connectivity index (χ1v) is 6.91. The van der Waals surface area contributed by atoms with Gasteiger partial charge in [0.15, 0.2) is 0 Å². The van der Waals surface area contributed by atoms with Crippen LogP contribution in [0.3, 0.4) is 0 Å². The maximum atomic E-state index is 11.3. The zero-order valence-electron chi connectivity index (χ0n) is 8.90. The Morgan fingerprint density at radius 1 is 1.47 bits per heavy atom. The highest BCUT2D eigenvalue weighted by molar-refractivity contribution is 7.90. The predicted octanol–water partition coefficient (Wildman–Crippen LogP) is 1.00. The lowest BCUT2D eigenvalue weighted by atomic mass is 9.89. The summed E-state index contributed by atoms with van der Waals surface area (Å²) in [4.78, 5) is 8.02. The zero-order chi connectivity index (χ0) is 11.1. The molecule has 0 aromatic carbocycles. The molecule has 4 nitrogen and oxygen atoms in total. The van der Waals surface area contributed by atoms with Gasteiger partial charge in [-0.25, -0.2) is 18.4 Å². The molecule has 0 aliphatic heterocycles. The quantitative estimate of drug-likeness (QED) is 0.670. The Labute approximate surface area is 89.7 Å². The van der Waals surface area contributed by atoms with Gasteiger partial charge in [0.2, 0.25) is 15.0 Å². The molecule has 0 spiro atoms. The molecule has 1 atom stereocenters. The molecular formula is C10H14N2O2S. The van der Waals surface area contributed by atoms with E-state index in [0.717, 1.165) is 36.8 Å². The molecule has 0 radical (unpaired) electrons. The maximum Gasteiger partial charge on any atom is 0.246 e. The molecule has 5 heteroatoms. The molecule has 1 aromatic rings. The van der Waals surface area contributed by atoms with Gasteiger partial charge >= 0.3 is 0 Å². The average Bonchev–Trinajstić information content (AvgIpc) is 2.15. The molecule has 0 amide bonds. The predicted molar refractivity (Wildman–Crippen MR) is 56.3 cm³/mol. The Morgan fingerprint density at radius 3 is 2.87 bits per heavy atom. The fraction of sp³-hybridized carbons (Fsp3) is 0.600. The summed E-state index contributed by atoms with van der Waals surface area (Å²) in [6.07, 6.45) is 5.70. The number of fused-ring (bicyclic) bond motifs is 1. The van der Waals surface area contributed by atoms with E-state index in [-0.39, 0.29) is 5.16 Å². The van der Waals surface area contributed by atoms with Crippen LogP contribution in [0.5, 0.6) is 0 Å². The molecule has 15 heavy (non-hydrogen) atoms. The van der Waals surface area contributed by atoms with Crippen LogP contribution in [0.15, 0.2) is 11.4 Å². The fourth-order valence-electron chi connectivity index (χ4n) is 1.85. The Hall–Kier alpha value is -0.970. The Balaban J connectivity index is 2.44. The van der Waals surface area contributed by atoms with Crippen LogP contribution in [0, 0.1) is 5.92 Å². The van der Waals surface area contributed by atoms with Crippen LogP contribution in [0.25, 0.3) is 0 Å². The molecule has 1 aromatic heterocycles. The van der Waals surface area contributed by atoms with Crippen molar-refractivity contribution in [1.82, 2.24) is 9.97 Å². The second-order valence-corrected chi connectivity index (χ2v) is 6.15. The first-order chi connectivity index (χ1) is 6.97. The second kappa shape index (κ2) is 3.56. The largest absolute Gasteiger partial charge is 0.246 e. The van der Waals surface area contributed by atoms with Gasteiger partial charge in [-0.15, -0.1) is 0 Å². The van der Waals surface area contributed by atoms with Crippen LogP contribution < -0.4 is 0 Å². The lowest BCUT2D eigenvalue weighted by Gasteiger charge is -2.19. The summed E-state index contributed by atoms with van der Waals surface area (Å²) in [6, 6.07) is 0. The summed E-state index contributed by atoms with van der Waals surface area (Å²) < 4.78 is 22.5. The van der Waals surface area contributed by atoms with Crippen molar-refractivity contribution in [1.29, 1.82) is 0 Å². The summed E-state index contributed by atoms with van der Waals surface area (Å²) in [5, 5.41) is -0.0456. The van der Waals surface area contributed by atoms with Gasteiger partial charge < -0.3 is 0 Å². The lowest BCUT2D eigenvalue weighted by Crippen LogP contribution is -2.16. The standard InChI is InChI=1S/C10H14N2O2S/c1-7-3-4-9-8(5-7)6-11-10(12-9)15(2,13)14/h6-7H,3-5H2,1-2H3. The number of hydrogen-bond donors (Lipinski definition) is 0. The van der Waals surface area contributed by atoms with E-state index < -0.39 is 9.84 Å². The Morgan fingerprint density at radius 2 is 2.20 bits per heavy atom. The Bertz CT molecular complexity index is 482. The van der Waals surface area contributed by atoms with E-state index in [1.807, 2.05) is 0 Å². The highest BCUT2D eigenvalue weighted by Crippen LogP contribution is 2.23. The van der Waals surface area contributed by atoms with E-state index in [4.69, 9.17) is 0 Å². The van der Waals surface area contributed by atoms with Crippen molar-refractivity contribution >= 4 is 9.84 Å². The second-order valence-electron chi connectivity index (χ2n) is 4.24. The molecular weight excluding hydrogens is 212 g/mol. The van der Waals surface area contributed by atoms with Crippen LogP contribution >= 0.6 is 0 Å². The van der Waals surface area contributed by atoms with Crippen LogP contribution in [-0.4, -0.2) is 24.6 Å². The zero-order valence-corrected chi connectivity index (χ0v) is 9.71. The maximum absolute atomic E-state index is 11.3. The third kappa shape index (κ3) is 2.17. The van der Waals surface area contributed by atoms with Gasteiger partial charge in [0, 0.05) is 18.1 Å². The molecule has 0 N–H and O–H groups in total. The average molecular weight is 226 g/mol. The highest BCUT2D eigenvalue weighted by atomic mass is 32.2. The van der Waals surface area contributed by atoms with E-state index in [2.05, 4.69) is 16.9 Å². The van der Waals surface area contributed by atoms with Crippen LogP contribution in [0.4, 0.5) is 0 Å². The van der Waals surface area contributed by atoms with E-state index in [1.165, 1.54) is 0 Å². The molecule has 82 valence electrons. The minimum atomic E-state index is -3.27. The minimum Gasteiger partial charge on any atom is -0.227 e. The summed E-state index contributed by atoms with van der Waals surface area (Å²) in [5.74, 6) is 0.644. The van der Waals surface area contributed by atoms with Gasteiger partial charge in [0.1, 0.15) is 0 Å². The van der Waals surface area contributed by atoms with Gasteiger partial charge in [-0.1, -0.05) is 6.92 Å². The molecule has 0 saturated carbocycles. The van der Waals surface area contributed by atoms with Gasteiger partial charge in [-0.2, -0.15) is 0 Å². The third-order valence-electron chi connectivity index (χ3n) is 2.71. The van der Waals surface area contributed by atoms with Crippen LogP contribution in [0.1, 0.15) is 24.6 Å². The summed E-state index contributed by atoms with van der Waals surface area (Å²) in [6.45, 7) is 2.19. The normalized spacial score (nSPS) is 21.1. The van der Waals surface area contributed by atoms with E-state index in [9.17, 15) is 8.42 Å². The highest BCUT2D eigenvalue weighted by Gasteiger charge is 2.19. The molecule has 1 heterocycles. The molecule has 0 fully saturated rings. The molecule has 0 bridgehead atoms. The molecule has 1 aliphatic rings. The fourth-order valence-corrected chi connectivity index (χ4v) is 2.37. The smallest absolute Gasteiger partial charge is 0.227 e. The summed E-state index contributed by atoms with van der Waals surface area (Å²) in [5.41, 5.74) is 2.00. The number of rotatable bonds is 1. The number of sulfone groups is 1. The topological polar surface area (TPSA) is 59.9 Å². The van der Waals surface area contributed by atoms with Crippen molar-refractivity contribution in [2.45, 2.75) is 31.3 Å². The van der Waals surface area contributed by atoms with Crippen LogP contribution in [-0.2, 0) is 22.7 Å². The molecule has 1 unspecified atom stereocenters. The van der Waals surface area contributed by atoms with Crippen molar-refractivity contribution in [2.75, 3.05) is 6.26 Å². The number of aryl methyl sites for hydroxylation is 1. The number of nitrogens with zero attached hydrogens (tertiary/aromatic N) is 2. The number of aromatic nitrogens is 2. The Kier molecular flexibility index (Phi) is 2.50. The molecule has 2 rings (SSSR count). The van der Waals surface area contributed by atoms with Crippen molar-refractivity contribution in [3.8, 4) is 0 Å². The van der Waals surface area contributed by atoms with Crippen molar-refractivity contribution in [3.63, 3.8) is 0 Å². The SMILES string of the molecule is CC1CCc2nc(S(C)(=O)=O)ncc2C1. The first-order valence-electron chi connectivity index (χ1n) is 5.01. The molecule has 1 aliphatic carbocycles. The van der Waals surface area contributed by atoms with Crippen molar-refractivity contribution < 1.29 is 8.42 Å². The number of hydrogen-bond acceptors (Lipinski definition) is 4. The van der Waals surface area contributed by atoms with Crippen molar-refractivity contribution in [3.05, 3.63) is 17.5 Å². The lowest BCUT2D eigenvalue weighted by molar-refractivity contribution is 0.486. The third-order valence-corrected chi connectivity index (χ3v) is 3.57. The van der Waals surface area contributed by atoms with Gasteiger partial charge in [0.05, 0.1) is 0 Å². The minimum absolute atomic E-state index is 0.0456. The monoisotopic (exact) mass is 226 g/mol. The van der Waals surface area contributed by atoms with Gasteiger partial charge in [-0.3, -0.25) is 0 Å². The van der Waals surface area contributed by atoms with Crippen molar-refractivity contribution in [2.24, 2.45) is 5.92 Å². The van der Waals surface area contributed by atoms with E-state index >= 15 is 0 Å². The van der Waals surface area contributed by atoms with Crippen LogP contribution in [0.2, 0.25) is 0 Å². The summed E-state index contributed by atoms with van der Waals surface area (Å²) >= 11 is 0. The van der Waals surface area contributed by atoms with Gasteiger partial charge in [-0.05, 0) is 30.7 Å². The van der Waals surface area contributed by atoms with E-state index in [0.29, 0.717) is 5.92 Å².